The summed E-state index contributed by atoms with van der Waals surface area (Å²) in [7, 11) is 0. The number of hydrogen-bond donors (Lipinski definition) is 0. The van der Waals surface area contributed by atoms with E-state index < -0.39 is 0 Å². The lowest BCUT2D eigenvalue weighted by molar-refractivity contribution is 0.459. The van der Waals surface area contributed by atoms with E-state index in [1.54, 1.807) is 0 Å². The van der Waals surface area contributed by atoms with Gasteiger partial charge in [0.25, 0.3) is 0 Å². The molecule has 4 rings (SSSR count). The van der Waals surface area contributed by atoms with Crippen molar-refractivity contribution < 1.29 is 4.52 Å². The summed E-state index contributed by atoms with van der Waals surface area (Å²) >= 11 is 0. The number of fused-ring (bicyclic) bond motifs is 2. The van der Waals surface area contributed by atoms with Gasteiger partial charge in [-0.1, -0.05) is 41.6 Å². The van der Waals surface area contributed by atoms with E-state index in [4.69, 9.17) is 4.52 Å². The molecule has 0 aliphatic rings. The number of rotatable bonds is 1. The fraction of sp³-hybridized carbons (Fsp3) is 0. The van der Waals surface area contributed by atoms with E-state index in [1.165, 1.54) is 0 Å². The minimum absolute atomic E-state index is 0.797. The van der Waals surface area contributed by atoms with Gasteiger partial charge in [-0.3, -0.25) is 4.98 Å². The van der Waals surface area contributed by atoms with E-state index in [1.807, 2.05) is 54.9 Å². The second-order valence-corrected chi connectivity index (χ2v) is 4.44. The highest BCUT2D eigenvalue weighted by Gasteiger charge is 2.12. The Labute approximate surface area is 109 Å². The number of aromatic nitrogens is 2. The number of benzene rings is 2. The third-order valence-electron chi connectivity index (χ3n) is 3.30. The first kappa shape index (κ1) is 10.3. The van der Waals surface area contributed by atoms with E-state index in [-0.39, 0.29) is 0 Å². The standard InChI is InChI=1S/C16H10N2O/c1-2-6-12-11(5-1)9-17-10-14(12)16-13-7-3-4-8-15(13)19-18-16/h1-10H. The predicted molar refractivity (Wildman–Crippen MR) is 74.7 cm³/mol. The van der Waals surface area contributed by atoms with Crippen molar-refractivity contribution in [1.82, 2.24) is 10.1 Å². The van der Waals surface area contributed by atoms with Gasteiger partial charge in [0.05, 0.1) is 0 Å². The van der Waals surface area contributed by atoms with Crippen LogP contribution in [-0.2, 0) is 0 Å². The third kappa shape index (κ3) is 1.52. The zero-order valence-electron chi connectivity index (χ0n) is 10.1. The molecule has 0 radical (unpaired) electrons. The van der Waals surface area contributed by atoms with E-state index in [0.717, 1.165) is 33.0 Å². The van der Waals surface area contributed by atoms with Gasteiger partial charge < -0.3 is 4.52 Å². The first-order valence-corrected chi connectivity index (χ1v) is 6.11. The van der Waals surface area contributed by atoms with E-state index in [2.05, 4.69) is 16.2 Å². The Morgan fingerprint density at radius 3 is 2.53 bits per heavy atom. The van der Waals surface area contributed by atoms with E-state index in [9.17, 15) is 0 Å². The van der Waals surface area contributed by atoms with Gasteiger partial charge in [-0.15, -0.1) is 0 Å². The van der Waals surface area contributed by atoms with Crippen LogP contribution in [0.1, 0.15) is 0 Å². The number of hydrogen-bond acceptors (Lipinski definition) is 3. The zero-order valence-corrected chi connectivity index (χ0v) is 10.1. The molecule has 2 heterocycles. The maximum absolute atomic E-state index is 5.37. The molecule has 0 fully saturated rings. The smallest absolute Gasteiger partial charge is 0.167 e. The second kappa shape index (κ2) is 3.92. The normalized spacial score (nSPS) is 11.2. The molecule has 2 aromatic heterocycles. The maximum Gasteiger partial charge on any atom is 0.167 e. The lowest BCUT2D eigenvalue weighted by Crippen LogP contribution is -1.84. The van der Waals surface area contributed by atoms with Crippen LogP contribution in [-0.4, -0.2) is 10.1 Å². The third-order valence-corrected chi connectivity index (χ3v) is 3.30. The zero-order chi connectivity index (χ0) is 12.7. The second-order valence-electron chi connectivity index (χ2n) is 4.44. The van der Waals surface area contributed by atoms with Crippen molar-refractivity contribution in [1.29, 1.82) is 0 Å². The fourth-order valence-electron chi connectivity index (χ4n) is 2.39. The van der Waals surface area contributed by atoms with E-state index in [0.29, 0.717) is 0 Å². The molecule has 19 heavy (non-hydrogen) atoms. The van der Waals surface area contributed by atoms with Gasteiger partial charge in [0, 0.05) is 28.7 Å². The summed E-state index contributed by atoms with van der Waals surface area (Å²) < 4.78 is 5.37. The Hall–Kier alpha value is -2.68. The predicted octanol–water partition coefficient (Wildman–Crippen LogP) is 4.04. The van der Waals surface area contributed by atoms with Gasteiger partial charge in [-0.2, -0.15) is 0 Å². The summed E-state index contributed by atoms with van der Waals surface area (Å²) in [6.45, 7) is 0. The van der Waals surface area contributed by atoms with Crippen molar-refractivity contribution in [3.05, 3.63) is 60.9 Å². The minimum Gasteiger partial charge on any atom is -0.356 e. The molecule has 90 valence electrons. The highest BCUT2D eigenvalue weighted by Crippen LogP contribution is 2.32. The SMILES string of the molecule is c1ccc2c(-c3noc4ccccc34)cncc2c1. The highest BCUT2D eigenvalue weighted by molar-refractivity contribution is 6.02. The molecule has 2 aromatic carbocycles. The van der Waals surface area contributed by atoms with Crippen molar-refractivity contribution in [3.63, 3.8) is 0 Å². The Bertz CT molecular complexity index is 875. The molecular formula is C16H10N2O. The van der Waals surface area contributed by atoms with Crippen LogP contribution in [0.15, 0.2) is 65.4 Å². The molecule has 0 unspecified atom stereocenters. The molecule has 0 bridgehead atoms. The number of pyridine rings is 1. The molecule has 0 saturated carbocycles. The van der Waals surface area contributed by atoms with Crippen molar-refractivity contribution in [2.75, 3.05) is 0 Å². The molecular weight excluding hydrogens is 236 g/mol. The van der Waals surface area contributed by atoms with Gasteiger partial charge >= 0.3 is 0 Å². The van der Waals surface area contributed by atoms with Gasteiger partial charge in [-0.25, -0.2) is 0 Å². The average molecular weight is 246 g/mol. The van der Waals surface area contributed by atoms with E-state index >= 15 is 0 Å². The van der Waals surface area contributed by atoms with Crippen LogP contribution in [0.5, 0.6) is 0 Å². The molecule has 0 atom stereocenters. The van der Waals surface area contributed by atoms with Crippen molar-refractivity contribution in [2.24, 2.45) is 0 Å². The Morgan fingerprint density at radius 1 is 0.789 bits per heavy atom. The van der Waals surface area contributed by atoms with Crippen LogP contribution in [0.25, 0.3) is 33.0 Å². The number of para-hydroxylation sites is 1. The summed E-state index contributed by atoms with van der Waals surface area (Å²) in [5.41, 5.74) is 2.65. The van der Waals surface area contributed by atoms with Crippen molar-refractivity contribution >= 4 is 21.7 Å². The average Bonchev–Trinajstić information content (AvgIpc) is 2.90. The summed E-state index contributed by atoms with van der Waals surface area (Å²) in [5, 5.41) is 7.45. The van der Waals surface area contributed by atoms with Gasteiger partial charge in [-0.05, 0) is 17.5 Å². The molecule has 0 saturated heterocycles. The van der Waals surface area contributed by atoms with Gasteiger partial charge in [0.2, 0.25) is 0 Å². The van der Waals surface area contributed by atoms with Gasteiger partial charge in [0.1, 0.15) is 5.69 Å². The Balaban J connectivity index is 2.10. The molecule has 3 nitrogen and oxygen atoms in total. The highest BCUT2D eigenvalue weighted by atomic mass is 16.5. The molecule has 0 amide bonds. The van der Waals surface area contributed by atoms with Crippen LogP contribution >= 0.6 is 0 Å². The molecule has 4 aromatic rings. The molecule has 0 aliphatic heterocycles. The lowest BCUT2D eigenvalue weighted by atomic mass is 10.0. The molecule has 3 heteroatoms. The maximum atomic E-state index is 5.37. The first-order valence-electron chi connectivity index (χ1n) is 6.11. The van der Waals surface area contributed by atoms with Crippen LogP contribution in [0.3, 0.4) is 0 Å². The van der Waals surface area contributed by atoms with Crippen molar-refractivity contribution in [3.8, 4) is 11.3 Å². The summed E-state index contributed by atoms with van der Waals surface area (Å²) in [6, 6.07) is 16.0. The van der Waals surface area contributed by atoms with Crippen LogP contribution < -0.4 is 0 Å². The topological polar surface area (TPSA) is 38.9 Å². The Kier molecular flexibility index (Phi) is 2.12. The fourth-order valence-corrected chi connectivity index (χ4v) is 2.39. The first-order chi connectivity index (χ1) is 9.43. The monoisotopic (exact) mass is 246 g/mol. The van der Waals surface area contributed by atoms with Gasteiger partial charge in [0.15, 0.2) is 5.58 Å². The van der Waals surface area contributed by atoms with Crippen molar-refractivity contribution in [2.45, 2.75) is 0 Å². The minimum atomic E-state index is 0.797. The molecule has 0 N–H and O–H groups in total. The van der Waals surface area contributed by atoms with Crippen LogP contribution in [0.2, 0.25) is 0 Å². The summed E-state index contributed by atoms with van der Waals surface area (Å²) in [5.74, 6) is 0. The summed E-state index contributed by atoms with van der Waals surface area (Å²) in [4.78, 5) is 4.29. The molecule has 0 aliphatic carbocycles. The lowest BCUT2D eigenvalue weighted by Gasteiger charge is -2.02. The van der Waals surface area contributed by atoms with Crippen LogP contribution in [0, 0.1) is 0 Å². The molecule has 0 spiro atoms. The quantitative estimate of drug-likeness (QED) is 0.508. The summed E-state index contributed by atoms with van der Waals surface area (Å²) in [6.07, 6.45) is 3.70. The largest absolute Gasteiger partial charge is 0.356 e. The number of nitrogens with zero attached hydrogens (tertiary/aromatic N) is 2. The Morgan fingerprint density at radius 2 is 1.58 bits per heavy atom. The van der Waals surface area contributed by atoms with Crippen LogP contribution in [0.4, 0.5) is 0 Å².